The Balaban J connectivity index is 1.92. The van der Waals surface area contributed by atoms with Crippen LogP contribution in [0, 0.1) is 18.3 Å². The molecule has 0 unspecified atom stereocenters. The van der Waals surface area contributed by atoms with Crippen molar-refractivity contribution < 1.29 is 8.42 Å². The van der Waals surface area contributed by atoms with Crippen molar-refractivity contribution >= 4 is 32.2 Å². The van der Waals surface area contributed by atoms with Crippen LogP contribution >= 0.6 is 11.3 Å². The van der Waals surface area contributed by atoms with E-state index >= 15 is 0 Å². The maximum atomic E-state index is 13.0. The molecule has 4 aromatic rings. The largest absolute Gasteiger partial charge is 0.290 e. The standard InChI is InChI=1S/C21H15N3O2S2/c1-15-7-9-17(10-8-15)28(25,26)18(14-22)13-19-20(16-5-3-2-4-6-16)23-21-24(19)11-12-27-21/h2-13H,1H3/b18-13+. The average molecular weight is 406 g/mol. The number of benzene rings is 2. The summed E-state index contributed by atoms with van der Waals surface area (Å²) in [6.45, 7) is 1.88. The van der Waals surface area contributed by atoms with Crippen LogP contribution in [0.1, 0.15) is 11.3 Å². The van der Waals surface area contributed by atoms with Crippen molar-refractivity contribution in [1.29, 1.82) is 5.26 Å². The molecule has 0 bridgehead atoms. The molecule has 0 aliphatic heterocycles. The van der Waals surface area contributed by atoms with E-state index in [1.807, 2.05) is 54.9 Å². The highest BCUT2D eigenvalue weighted by molar-refractivity contribution is 7.95. The van der Waals surface area contributed by atoms with Gasteiger partial charge in [0, 0.05) is 17.1 Å². The molecule has 0 atom stereocenters. The van der Waals surface area contributed by atoms with Crippen LogP contribution in [0.3, 0.4) is 0 Å². The lowest BCUT2D eigenvalue weighted by molar-refractivity contribution is 0.603. The molecule has 0 radical (unpaired) electrons. The van der Waals surface area contributed by atoms with Crippen LogP contribution in [0.4, 0.5) is 0 Å². The van der Waals surface area contributed by atoms with E-state index < -0.39 is 9.84 Å². The highest BCUT2D eigenvalue weighted by Crippen LogP contribution is 2.30. The third kappa shape index (κ3) is 3.13. The van der Waals surface area contributed by atoms with Gasteiger partial charge in [0.05, 0.1) is 16.3 Å². The summed E-state index contributed by atoms with van der Waals surface area (Å²) in [5.41, 5.74) is 3.01. The molecular formula is C21H15N3O2S2. The van der Waals surface area contributed by atoms with Gasteiger partial charge in [0.2, 0.25) is 9.84 Å². The molecule has 0 amide bonds. The number of hydrogen-bond acceptors (Lipinski definition) is 5. The number of thiazole rings is 1. The smallest absolute Gasteiger partial charge is 0.216 e. The maximum absolute atomic E-state index is 13.0. The normalized spacial score (nSPS) is 12.2. The van der Waals surface area contributed by atoms with Crippen LogP contribution in [0.5, 0.6) is 0 Å². The van der Waals surface area contributed by atoms with Gasteiger partial charge in [0.15, 0.2) is 9.87 Å². The number of rotatable bonds is 4. The molecule has 5 nitrogen and oxygen atoms in total. The predicted octanol–water partition coefficient (Wildman–Crippen LogP) is 4.71. The van der Waals surface area contributed by atoms with E-state index in [4.69, 9.17) is 0 Å². The van der Waals surface area contributed by atoms with Crippen LogP contribution in [0.15, 0.2) is 76.0 Å². The molecule has 28 heavy (non-hydrogen) atoms. The highest BCUT2D eigenvalue weighted by atomic mass is 32.2. The number of fused-ring (bicyclic) bond motifs is 1. The molecule has 4 rings (SSSR count). The van der Waals surface area contributed by atoms with Gasteiger partial charge in [-0.1, -0.05) is 48.0 Å². The van der Waals surface area contributed by atoms with Gasteiger partial charge in [-0.3, -0.25) is 4.40 Å². The fraction of sp³-hybridized carbons (Fsp3) is 0.0476. The molecule has 0 aliphatic carbocycles. The van der Waals surface area contributed by atoms with Crippen molar-refractivity contribution in [3.63, 3.8) is 0 Å². The zero-order valence-corrected chi connectivity index (χ0v) is 16.5. The number of hydrogen-bond donors (Lipinski definition) is 0. The van der Waals surface area contributed by atoms with E-state index in [1.165, 1.54) is 29.5 Å². The number of allylic oxidation sites excluding steroid dienone is 1. The van der Waals surface area contributed by atoms with E-state index in [-0.39, 0.29) is 9.80 Å². The van der Waals surface area contributed by atoms with Gasteiger partial charge < -0.3 is 0 Å². The van der Waals surface area contributed by atoms with Crippen molar-refractivity contribution in [2.24, 2.45) is 0 Å². The zero-order valence-electron chi connectivity index (χ0n) is 14.9. The fourth-order valence-corrected chi connectivity index (χ4v) is 4.74. The monoisotopic (exact) mass is 405 g/mol. The predicted molar refractivity (Wildman–Crippen MR) is 110 cm³/mol. The second-order valence-corrected chi connectivity index (χ2v) is 9.00. The summed E-state index contributed by atoms with van der Waals surface area (Å²) in [6.07, 6.45) is 3.23. The first-order valence-electron chi connectivity index (χ1n) is 8.45. The molecule has 0 saturated heterocycles. The summed E-state index contributed by atoms with van der Waals surface area (Å²) in [6, 6.07) is 17.8. The molecule has 138 valence electrons. The van der Waals surface area contributed by atoms with Gasteiger partial charge in [-0.2, -0.15) is 5.26 Å². The second kappa shape index (κ2) is 7.08. The summed E-state index contributed by atoms with van der Waals surface area (Å²) >= 11 is 1.45. The Morgan fingerprint density at radius 1 is 1.14 bits per heavy atom. The SMILES string of the molecule is Cc1ccc(S(=O)(=O)/C(C#N)=C/c2c(-c3ccccc3)nc3sccn23)cc1. The minimum Gasteiger partial charge on any atom is -0.290 e. The Morgan fingerprint density at radius 3 is 2.54 bits per heavy atom. The maximum Gasteiger partial charge on any atom is 0.216 e. The van der Waals surface area contributed by atoms with Gasteiger partial charge in [-0.15, -0.1) is 11.3 Å². The molecule has 0 saturated carbocycles. The fourth-order valence-electron chi connectivity index (χ4n) is 2.89. The first kappa shape index (κ1) is 18.2. The van der Waals surface area contributed by atoms with Crippen LogP contribution in [0.2, 0.25) is 0 Å². The summed E-state index contributed by atoms with van der Waals surface area (Å²) < 4.78 is 27.8. The summed E-state index contributed by atoms with van der Waals surface area (Å²) in [4.78, 5) is 5.14. The van der Waals surface area contributed by atoms with Crippen LogP contribution in [0.25, 0.3) is 22.3 Å². The van der Waals surface area contributed by atoms with E-state index in [9.17, 15) is 13.7 Å². The molecule has 0 spiro atoms. The Kier molecular flexibility index (Phi) is 4.59. The van der Waals surface area contributed by atoms with E-state index in [0.29, 0.717) is 11.4 Å². The molecule has 2 aromatic carbocycles. The summed E-state index contributed by atoms with van der Waals surface area (Å²) in [5.74, 6) is 0. The number of aryl methyl sites for hydroxylation is 1. The van der Waals surface area contributed by atoms with Crippen LogP contribution < -0.4 is 0 Å². The Hall–Kier alpha value is -3.21. The molecule has 0 fully saturated rings. The quantitative estimate of drug-likeness (QED) is 0.461. The Labute approximate surface area is 166 Å². The van der Waals surface area contributed by atoms with Crippen molar-refractivity contribution in [1.82, 2.24) is 9.38 Å². The molecule has 0 aliphatic rings. The van der Waals surface area contributed by atoms with Gasteiger partial charge in [-0.25, -0.2) is 13.4 Å². The number of nitrogens with zero attached hydrogens (tertiary/aromatic N) is 3. The van der Waals surface area contributed by atoms with Gasteiger partial charge in [0.1, 0.15) is 6.07 Å². The van der Waals surface area contributed by atoms with Gasteiger partial charge >= 0.3 is 0 Å². The molecule has 0 N–H and O–H groups in total. The molecule has 2 heterocycles. The average Bonchev–Trinajstić information content (AvgIpc) is 3.29. The molecule has 7 heteroatoms. The third-order valence-electron chi connectivity index (χ3n) is 4.35. The first-order valence-corrected chi connectivity index (χ1v) is 10.8. The number of sulfone groups is 1. The second-order valence-electron chi connectivity index (χ2n) is 6.20. The van der Waals surface area contributed by atoms with Crippen molar-refractivity contribution in [2.45, 2.75) is 11.8 Å². The van der Waals surface area contributed by atoms with Crippen LogP contribution in [-0.2, 0) is 9.84 Å². The minimum absolute atomic E-state index is 0.0956. The van der Waals surface area contributed by atoms with Crippen molar-refractivity contribution in [3.05, 3.63) is 82.3 Å². The lowest BCUT2D eigenvalue weighted by atomic mass is 10.1. The lowest BCUT2D eigenvalue weighted by Crippen LogP contribution is -2.04. The summed E-state index contributed by atoms with van der Waals surface area (Å²) in [5, 5.41) is 11.5. The lowest BCUT2D eigenvalue weighted by Gasteiger charge is -2.05. The first-order chi connectivity index (χ1) is 13.5. The Bertz CT molecular complexity index is 1320. The van der Waals surface area contributed by atoms with E-state index in [0.717, 1.165) is 16.1 Å². The topological polar surface area (TPSA) is 75.2 Å². The Morgan fingerprint density at radius 2 is 1.86 bits per heavy atom. The minimum atomic E-state index is -3.93. The van der Waals surface area contributed by atoms with Crippen molar-refractivity contribution in [3.8, 4) is 17.3 Å². The number of imidazole rings is 1. The third-order valence-corrected chi connectivity index (χ3v) is 6.78. The summed E-state index contributed by atoms with van der Waals surface area (Å²) in [7, 11) is -3.93. The number of aromatic nitrogens is 2. The van der Waals surface area contributed by atoms with Gasteiger partial charge in [-0.05, 0) is 25.1 Å². The van der Waals surface area contributed by atoms with E-state index in [2.05, 4.69) is 4.98 Å². The van der Waals surface area contributed by atoms with Crippen molar-refractivity contribution in [2.75, 3.05) is 0 Å². The molecular weight excluding hydrogens is 390 g/mol. The number of nitriles is 1. The molecule has 2 aromatic heterocycles. The van der Waals surface area contributed by atoms with E-state index in [1.54, 1.807) is 16.5 Å². The highest BCUT2D eigenvalue weighted by Gasteiger charge is 2.23. The van der Waals surface area contributed by atoms with Gasteiger partial charge in [0.25, 0.3) is 0 Å². The zero-order chi connectivity index (χ0) is 19.7. The van der Waals surface area contributed by atoms with Crippen LogP contribution in [-0.4, -0.2) is 17.8 Å².